The van der Waals surface area contributed by atoms with Gasteiger partial charge in [0.15, 0.2) is 0 Å². The number of aromatic amines is 1. The Morgan fingerprint density at radius 1 is 0.970 bits per heavy atom. The molecule has 1 aromatic heterocycles. The summed E-state index contributed by atoms with van der Waals surface area (Å²) < 4.78 is 7.26. The molecule has 1 heterocycles. The van der Waals surface area contributed by atoms with Crippen molar-refractivity contribution in [3.8, 4) is 11.8 Å². The number of hydrogen-bond donors (Lipinski definition) is 1. The summed E-state index contributed by atoms with van der Waals surface area (Å²) in [5.74, 6) is 6.20. The molecular formula is C28H26N2O3. The van der Waals surface area contributed by atoms with E-state index in [-0.39, 0.29) is 18.9 Å². The molecule has 0 amide bonds. The number of nitrogens with one attached hydrogen (secondary N) is 1. The summed E-state index contributed by atoms with van der Waals surface area (Å²) in [5.41, 5.74) is 3.60. The summed E-state index contributed by atoms with van der Waals surface area (Å²) >= 11 is 0. The molecule has 0 bridgehead atoms. The number of ether oxygens (including phenoxy) is 1. The molecule has 0 saturated carbocycles. The van der Waals surface area contributed by atoms with E-state index in [9.17, 15) is 9.59 Å². The maximum absolute atomic E-state index is 12.6. The van der Waals surface area contributed by atoms with Crippen molar-refractivity contribution in [1.29, 1.82) is 0 Å². The third-order valence-corrected chi connectivity index (χ3v) is 5.79. The van der Waals surface area contributed by atoms with E-state index in [2.05, 4.69) is 29.0 Å². The average Bonchev–Trinajstić information content (AvgIpc) is 2.82. The normalized spacial score (nSPS) is 10.7. The molecule has 0 aliphatic carbocycles. The fourth-order valence-corrected chi connectivity index (χ4v) is 4.00. The van der Waals surface area contributed by atoms with Crippen LogP contribution in [0.1, 0.15) is 34.9 Å². The fraction of sp³-hybridized carbons (Fsp3) is 0.214. The summed E-state index contributed by atoms with van der Waals surface area (Å²) in [7, 11) is 0. The minimum atomic E-state index is -0.470. The van der Waals surface area contributed by atoms with Gasteiger partial charge < -0.3 is 4.74 Å². The van der Waals surface area contributed by atoms with Crippen LogP contribution in [-0.4, -0.2) is 16.2 Å². The number of fused-ring (bicyclic) bond motifs is 1. The lowest BCUT2D eigenvalue weighted by atomic mass is 10.0. The summed E-state index contributed by atoms with van der Waals surface area (Å²) in [6, 6.07) is 22.1. The topological polar surface area (TPSA) is 64.1 Å². The molecule has 4 aromatic rings. The largest absolute Gasteiger partial charge is 0.348 e. The molecule has 5 nitrogen and oxygen atoms in total. The lowest BCUT2D eigenvalue weighted by Gasteiger charge is -2.16. The summed E-state index contributed by atoms with van der Waals surface area (Å²) in [5, 5.41) is 2.23. The van der Waals surface area contributed by atoms with Crippen LogP contribution < -0.4 is 11.2 Å². The average molecular weight is 439 g/mol. The maximum Gasteiger partial charge on any atom is 0.330 e. The predicted molar refractivity (Wildman–Crippen MR) is 131 cm³/mol. The highest BCUT2D eigenvalue weighted by Crippen LogP contribution is 2.17. The quantitative estimate of drug-likeness (QED) is 0.363. The zero-order valence-electron chi connectivity index (χ0n) is 18.9. The predicted octanol–water partition coefficient (Wildman–Crippen LogP) is 4.18. The van der Waals surface area contributed by atoms with Crippen LogP contribution in [0.15, 0.2) is 76.3 Å². The SMILES string of the molecule is CCc1c(Cc2ccccc2C)n(COCC#Cc2cccc3ccccc23)c(=O)[nH]c1=O. The Labute approximate surface area is 192 Å². The maximum atomic E-state index is 12.6. The highest BCUT2D eigenvalue weighted by molar-refractivity contribution is 5.88. The molecule has 3 aromatic carbocycles. The van der Waals surface area contributed by atoms with Crippen molar-refractivity contribution in [3.63, 3.8) is 0 Å². The number of aryl methyl sites for hydroxylation is 1. The smallest absolute Gasteiger partial charge is 0.330 e. The van der Waals surface area contributed by atoms with E-state index in [1.165, 1.54) is 4.57 Å². The number of nitrogens with zero attached hydrogens (tertiary/aromatic N) is 1. The van der Waals surface area contributed by atoms with Gasteiger partial charge in [-0.3, -0.25) is 14.3 Å². The molecule has 1 N–H and O–H groups in total. The van der Waals surface area contributed by atoms with Crippen LogP contribution in [0.25, 0.3) is 10.8 Å². The molecule has 0 aliphatic heterocycles. The monoisotopic (exact) mass is 438 g/mol. The third kappa shape index (κ3) is 4.97. The second-order valence-electron chi connectivity index (χ2n) is 7.88. The number of aromatic nitrogens is 2. The van der Waals surface area contributed by atoms with Crippen LogP contribution in [0.2, 0.25) is 0 Å². The van der Waals surface area contributed by atoms with E-state index in [0.29, 0.717) is 24.1 Å². The van der Waals surface area contributed by atoms with Gasteiger partial charge in [0.2, 0.25) is 0 Å². The van der Waals surface area contributed by atoms with Gasteiger partial charge in [-0.15, -0.1) is 0 Å². The van der Waals surface area contributed by atoms with Gasteiger partial charge in [-0.2, -0.15) is 0 Å². The molecule has 166 valence electrons. The Balaban J connectivity index is 1.56. The molecule has 0 fully saturated rings. The molecular weight excluding hydrogens is 412 g/mol. The van der Waals surface area contributed by atoms with E-state index in [0.717, 1.165) is 27.5 Å². The first-order valence-electron chi connectivity index (χ1n) is 11.0. The van der Waals surface area contributed by atoms with Gasteiger partial charge in [-0.05, 0) is 41.3 Å². The molecule has 5 heteroatoms. The first-order valence-corrected chi connectivity index (χ1v) is 11.0. The van der Waals surface area contributed by atoms with E-state index < -0.39 is 5.69 Å². The number of H-pyrrole nitrogens is 1. The van der Waals surface area contributed by atoms with Crippen LogP contribution >= 0.6 is 0 Å². The van der Waals surface area contributed by atoms with Gasteiger partial charge in [0.05, 0.1) is 0 Å². The summed E-state index contributed by atoms with van der Waals surface area (Å²) in [6.07, 6.45) is 1.01. The third-order valence-electron chi connectivity index (χ3n) is 5.79. The van der Waals surface area contributed by atoms with Gasteiger partial charge in [-0.1, -0.05) is 79.4 Å². The van der Waals surface area contributed by atoms with Crippen molar-refractivity contribution in [1.82, 2.24) is 9.55 Å². The van der Waals surface area contributed by atoms with Gasteiger partial charge in [-0.25, -0.2) is 4.79 Å². The standard InChI is InChI=1S/C28H26N2O3/c1-3-24-26(18-23-12-5-4-10-20(23)2)30(28(32)29-27(24)31)19-33-17-9-15-22-14-8-13-21-11-6-7-16-25(21)22/h4-8,10-14,16H,3,17-19H2,1-2H3,(H,29,31,32). The van der Waals surface area contributed by atoms with Gasteiger partial charge in [0, 0.05) is 23.2 Å². The first-order chi connectivity index (χ1) is 16.1. The van der Waals surface area contributed by atoms with E-state index in [1.54, 1.807) is 0 Å². The number of benzene rings is 3. The molecule has 0 atom stereocenters. The Kier molecular flexibility index (Phi) is 6.87. The number of rotatable bonds is 6. The highest BCUT2D eigenvalue weighted by Gasteiger charge is 2.15. The Hall–Kier alpha value is -3.88. The van der Waals surface area contributed by atoms with Crippen molar-refractivity contribution >= 4 is 10.8 Å². The van der Waals surface area contributed by atoms with Crippen LogP contribution in [0.5, 0.6) is 0 Å². The second kappa shape index (κ2) is 10.2. The Morgan fingerprint density at radius 3 is 2.55 bits per heavy atom. The molecule has 0 radical (unpaired) electrons. The zero-order valence-corrected chi connectivity index (χ0v) is 18.9. The lowest BCUT2D eigenvalue weighted by Crippen LogP contribution is -2.36. The second-order valence-corrected chi connectivity index (χ2v) is 7.88. The fourth-order valence-electron chi connectivity index (χ4n) is 4.00. The number of hydrogen-bond acceptors (Lipinski definition) is 3. The van der Waals surface area contributed by atoms with Crippen molar-refractivity contribution in [3.05, 3.63) is 116 Å². The summed E-state index contributed by atoms with van der Waals surface area (Å²) in [6.45, 7) is 4.13. The van der Waals surface area contributed by atoms with Crippen LogP contribution in [0, 0.1) is 18.8 Å². The van der Waals surface area contributed by atoms with Gasteiger partial charge in [0.25, 0.3) is 5.56 Å². The van der Waals surface area contributed by atoms with E-state index >= 15 is 0 Å². The summed E-state index contributed by atoms with van der Waals surface area (Å²) in [4.78, 5) is 27.5. The van der Waals surface area contributed by atoms with E-state index in [4.69, 9.17) is 4.74 Å². The Bertz CT molecular complexity index is 1460. The first kappa shape index (κ1) is 22.3. The van der Waals surface area contributed by atoms with Crippen molar-refractivity contribution in [2.45, 2.75) is 33.4 Å². The van der Waals surface area contributed by atoms with E-state index in [1.807, 2.05) is 68.4 Å². The minimum Gasteiger partial charge on any atom is -0.348 e. The lowest BCUT2D eigenvalue weighted by molar-refractivity contribution is 0.0980. The molecule has 0 saturated heterocycles. The van der Waals surface area contributed by atoms with Crippen LogP contribution in [0.3, 0.4) is 0 Å². The minimum absolute atomic E-state index is 0.0219. The van der Waals surface area contributed by atoms with Crippen molar-refractivity contribution < 1.29 is 4.74 Å². The Morgan fingerprint density at radius 2 is 1.73 bits per heavy atom. The van der Waals surface area contributed by atoms with Crippen LogP contribution in [-0.2, 0) is 24.3 Å². The molecule has 4 rings (SSSR count). The van der Waals surface area contributed by atoms with Crippen molar-refractivity contribution in [2.75, 3.05) is 6.61 Å². The molecule has 33 heavy (non-hydrogen) atoms. The van der Waals surface area contributed by atoms with Gasteiger partial charge in [0.1, 0.15) is 13.3 Å². The highest BCUT2D eigenvalue weighted by atomic mass is 16.5. The zero-order chi connectivity index (χ0) is 23.2. The molecule has 0 unspecified atom stereocenters. The molecule has 0 aliphatic rings. The van der Waals surface area contributed by atoms with Crippen molar-refractivity contribution in [2.24, 2.45) is 0 Å². The van der Waals surface area contributed by atoms with Gasteiger partial charge >= 0.3 is 5.69 Å². The van der Waals surface area contributed by atoms with Crippen LogP contribution in [0.4, 0.5) is 0 Å². The molecule has 0 spiro atoms.